The van der Waals surface area contributed by atoms with Gasteiger partial charge in [-0.3, -0.25) is 0 Å². The average molecular weight is 157 g/mol. The number of hydrogen-bond acceptors (Lipinski definition) is 1. The highest BCUT2D eigenvalue weighted by atomic mass is 16.5. The summed E-state index contributed by atoms with van der Waals surface area (Å²) >= 11 is 0. The van der Waals surface area contributed by atoms with E-state index in [0.717, 1.165) is 13.0 Å². The molecule has 0 saturated carbocycles. The zero-order chi connectivity index (χ0) is 8.36. The molecule has 1 heteroatoms. The van der Waals surface area contributed by atoms with E-state index >= 15 is 0 Å². The molecule has 0 atom stereocenters. The number of hydrogen-bond donors (Lipinski definition) is 0. The Kier molecular flexibility index (Phi) is 9.92. The molecule has 0 saturated heterocycles. The second-order valence-electron chi connectivity index (χ2n) is 2.89. The van der Waals surface area contributed by atoms with Crippen LogP contribution in [-0.2, 0) is 4.74 Å². The molecular weight excluding hydrogens is 136 g/mol. The lowest BCUT2D eigenvalue weighted by Crippen LogP contribution is -1.91. The van der Waals surface area contributed by atoms with Crippen molar-refractivity contribution < 1.29 is 4.74 Å². The maximum Gasteiger partial charge on any atom is 0.0836 e. The van der Waals surface area contributed by atoms with Gasteiger partial charge in [-0.15, -0.1) is 0 Å². The van der Waals surface area contributed by atoms with Crippen molar-refractivity contribution in [2.24, 2.45) is 0 Å². The summed E-state index contributed by atoms with van der Waals surface area (Å²) in [6, 6.07) is 0. The predicted molar refractivity (Wildman–Crippen MR) is 49.3 cm³/mol. The largest absolute Gasteiger partial charge is 0.376 e. The molecule has 0 heterocycles. The van der Waals surface area contributed by atoms with E-state index < -0.39 is 0 Å². The summed E-state index contributed by atoms with van der Waals surface area (Å²) in [4.78, 5) is 0. The van der Waals surface area contributed by atoms with E-state index in [0.29, 0.717) is 0 Å². The van der Waals surface area contributed by atoms with Gasteiger partial charge in [0.1, 0.15) is 0 Å². The normalized spacial score (nSPS) is 10.4. The van der Waals surface area contributed by atoms with E-state index in [1.165, 1.54) is 32.1 Å². The summed E-state index contributed by atoms with van der Waals surface area (Å²) in [6.45, 7) is 7.24. The van der Waals surface area contributed by atoms with Crippen LogP contribution in [-0.4, -0.2) is 6.61 Å². The molecule has 0 aliphatic rings. The van der Waals surface area contributed by atoms with Crippen molar-refractivity contribution in [3.05, 3.63) is 6.61 Å². The lowest BCUT2D eigenvalue weighted by molar-refractivity contribution is 0.185. The van der Waals surface area contributed by atoms with E-state index in [2.05, 4.69) is 13.8 Å². The predicted octanol–water partition coefficient (Wildman–Crippen LogP) is 3.55. The van der Waals surface area contributed by atoms with Crippen LogP contribution in [0.1, 0.15) is 52.4 Å². The number of ether oxygens (including phenoxy) is 1. The van der Waals surface area contributed by atoms with Gasteiger partial charge in [0.05, 0.1) is 6.61 Å². The van der Waals surface area contributed by atoms with Gasteiger partial charge in [0.25, 0.3) is 0 Å². The Hall–Kier alpha value is -0.0400. The lowest BCUT2D eigenvalue weighted by atomic mass is 10.2. The molecule has 0 aromatic rings. The van der Waals surface area contributed by atoms with E-state index in [1.54, 1.807) is 0 Å². The highest BCUT2D eigenvalue weighted by Crippen LogP contribution is 2.01. The number of unbranched alkanes of at least 4 members (excludes halogenated alkanes) is 4. The van der Waals surface area contributed by atoms with Crippen LogP contribution in [0.5, 0.6) is 0 Å². The molecule has 67 valence electrons. The van der Waals surface area contributed by atoms with Crippen LogP contribution in [0, 0.1) is 6.61 Å². The molecular formula is C10H21O. The zero-order valence-corrected chi connectivity index (χ0v) is 7.94. The smallest absolute Gasteiger partial charge is 0.0836 e. The van der Waals surface area contributed by atoms with Gasteiger partial charge in [-0.25, -0.2) is 0 Å². The minimum Gasteiger partial charge on any atom is -0.376 e. The summed E-state index contributed by atoms with van der Waals surface area (Å²) in [6.07, 6.45) is 7.46. The summed E-state index contributed by atoms with van der Waals surface area (Å²) < 4.78 is 5.30. The van der Waals surface area contributed by atoms with Crippen molar-refractivity contribution in [1.82, 2.24) is 0 Å². The molecule has 0 N–H and O–H groups in total. The molecule has 0 aliphatic heterocycles. The molecule has 0 aromatic carbocycles. The van der Waals surface area contributed by atoms with Crippen LogP contribution in [0.3, 0.4) is 0 Å². The topological polar surface area (TPSA) is 9.23 Å². The van der Waals surface area contributed by atoms with Gasteiger partial charge in [0, 0.05) is 6.61 Å². The minimum absolute atomic E-state index is 0.917. The average Bonchev–Trinajstić information content (AvgIpc) is 2.03. The van der Waals surface area contributed by atoms with Gasteiger partial charge in [-0.2, -0.15) is 0 Å². The quantitative estimate of drug-likeness (QED) is 0.490. The molecule has 0 aliphatic carbocycles. The van der Waals surface area contributed by atoms with Crippen LogP contribution in [0.2, 0.25) is 0 Å². The molecule has 0 amide bonds. The first kappa shape index (κ1) is 11.0. The third-order valence-electron chi connectivity index (χ3n) is 1.64. The maximum absolute atomic E-state index is 5.30. The summed E-state index contributed by atoms with van der Waals surface area (Å²) in [5, 5.41) is 0. The first-order valence-electron chi connectivity index (χ1n) is 4.85. The monoisotopic (exact) mass is 157 g/mol. The zero-order valence-electron chi connectivity index (χ0n) is 7.94. The Morgan fingerprint density at radius 3 is 2.45 bits per heavy atom. The van der Waals surface area contributed by atoms with Crippen molar-refractivity contribution >= 4 is 0 Å². The Bertz CT molecular complexity index is 53.9. The van der Waals surface area contributed by atoms with E-state index in [-0.39, 0.29) is 0 Å². The third kappa shape index (κ3) is 9.96. The highest BCUT2D eigenvalue weighted by Gasteiger charge is 1.88. The molecule has 11 heavy (non-hydrogen) atoms. The summed E-state index contributed by atoms with van der Waals surface area (Å²) in [7, 11) is 0. The van der Waals surface area contributed by atoms with Crippen molar-refractivity contribution in [2.45, 2.75) is 52.4 Å². The standard InChI is InChI=1S/C10H21O/c1-3-5-7-8-10-11-9-6-4-2/h9H,3-8,10H2,1-2H3. The van der Waals surface area contributed by atoms with Crippen molar-refractivity contribution in [2.75, 3.05) is 6.61 Å². The Balaban J connectivity index is 2.69. The van der Waals surface area contributed by atoms with E-state index in [1.807, 2.05) is 6.61 Å². The Morgan fingerprint density at radius 1 is 1.00 bits per heavy atom. The van der Waals surface area contributed by atoms with Gasteiger partial charge >= 0.3 is 0 Å². The van der Waals surface area contributed by atoms with Crippen molar-refractivity contribution in [3.63, 3.8) is 0 Å². The second-order valence-corrected chi connectivity index (χ2v) is 2.89. The SMILES string of the molecule is CCC[CH]OCCCCCC. The van der Waals surface area contributed by atoms with Crippen LogP contribution in [0.25, 0.3) is 0 Å². The molecule has 0 fully saturated rings. The first-order chi connectivity index (χ1) is 5.41. The van der Waals surface area contributed by atoms with Gasteiger partial charge in [-0.1, -0.05) is 39.5 Å². The fraction of sp³-hybridized carbons (Fsp3) is 0.900. The third-order valence-corrected chi connectivity index (χ3v) is 1.64. The van der Waals surface area contributed by atoms with E-state index in [4.69, 9.17) is 4.74 Å². The summed E-state index contributed by atoms with van der Waals surface area (Å²) in [5.74, 6) is 0. The second kappa shape index (κ2) is 9.96. The lowest BCUT2D eigenvalue weighted by Gasteiger charge is -2.00. The number of rotatable bonds is 8. The van der Waals surface area contributed by atoms with Crippen LogP contribution in [0.4, 0.5) is 0 Å². The molecule has 0 spiro atoms. The molecule has 0 unspecified atom stereocenters. The Labute approximate surface area is 71.1 Å². The van der Waals surface area contributed by atoms with Crippen LogP contribution in [0.15, 0.2) is 0 Å². The molecule has 1 radical (unpaired) electrons. The molecule has 0 aromatic heterocycles. The van der Waals surface area contributed by atoms with Gasteiger partial charge in [-0.05, 0) is 12.8 Å². The van der Waals surface area contributed by atoms with Crippen LogP contribution < -0.4 is 0 Å². The van der Waals surface area contributed by atoms with Crippen LogP contribution >= 0.6 is 0 Å². The van der Waals surface area contributed by atoms with E-state index in [9.17, 15) is 0 Å². The highest BCUT2D eigenvalue weighted by molar-refractivity contribution is 4.48. The fourth-order valence-electron chi connectivity index (χ4n) is 0.897. The fourth-order valence-corrected chi connectivity index (χ4v) is 0.897. The van der Waals surface area contributed by atoms with Crippen molar-refractivity contribution in [3.8, 4) is 0 Å². The molecule has 1 nitrogen and oxygen atoms in total. The molecule has 0 bridgehead atoms. The summed E-state index contributed by atoms with van der Waals surface area (Å²) in [5.41, 5.74) is 0. The molecule has 0 rings (SSSR count). The minimum atomic E-state index is 0.917. The Morgan fingerprint density at radius 2 is 1.82 bits per heavy atom. The first-order valence-corrected chi connectivity index (χ1v) is 4.85. The van der Waals surface area contributed by atoms with Gasteiger partial charge in [0.2, 0.25) is 0 Å². The van der Waals surface area contributed by atoms with Gasteiger partial charge < -0.3 is 4.74 Å². The van der Waals surface area contributed by atoms with Crippen molar-refractivity contribution in [1.29, 1.82) is 0 Å². The van der Waals surface area contributed by atoms with Gasteiger partial charge in [0.15, 0.2) is 0 Å². The maximum atomic E-state index is 5.30.